The van der Waals surface area contributed by atoms with Gasteiger partial charge in [-0.3, -0.25) is 4.79 Å². The highest BCUT2D eigenvalue weighted by Gasteiger charge is 2.27. The lowest BCUT2D eigenvalue weighted by atomic mass is 9.80. The Bertz CT molecular complexity index is 222. The van der Waals surface area contributed by atoms with Crippen molar-refractivity contribution in [1.82, 2.24) is 0 Å². The average Bonchev–Trinajstić information content (AvgIpc) is 2.80. The molecule has 3 nitrogen and oxygen atoms in total. The summed E-state index contributed by atoms with van der Waals surface area (Å²) in [4.78, 5) is 10.5. The van der Waals surface area contributed by atoms with Crippen molar-refractivity contribution in [3.63, 3.8) is 0 Å². The lowest BCUT2D eigenvalue weighted by molar-refractivity contribution is -0.137. The van der Waals surface area contributed by atoms with Crippen molar-refractivity contribution in [3.8, 4) is 0 Å². The maximum atomic E-state index is 10.5. The van der Waals surface area contributed by atoms with E-state index in [0.717, 1.165) is 12.3 Å². The van der Waals surface area contributed by atoms with Crippen LogP contribution in [0.25, 0.3) is 0 Å². The molecule has 1 rings (SSSR count). The van der Waals surface area contributed by atoms with Crippen molar-refractivity contribution in [1.29, 1.82) is 0 Å². The summed E-state index contributed by atoms with van der Waals surface area (Å²) in [5.41, 5.74) is 5.99. The largest absolute Gasteiger partial charge is 0.481 e. The van der Waals surface area contributed by atoms with Crippen LogP contribution in [-0.2, 0) is 4.79 Å². The molecule has 1 aliphatic rings. The number of carboxylic acids is 1. The number of carbonyl (C=O) groups is 1. The number of hydrogen-bond acceptors (Lipinski definition) is 2. The van der Waals surface area contributed by atoms with Gasteiger partial charge in [-0.15, -0.1) is 0 Å². The highest BCUT2D eigenvalue weighted by atomic mass is 16.4. The van der Waals surface area contributed by atoms with E-state index in [0.29, 0.717) is 0 Å². The Morgan fingerprint density at radius 3 is 2.60 bits per heavy atom. The van der Waals surface area contributed by atoms with E-state index in [9.17, 15) is 4.79 Å². The Balaban J connectivity index is 2.22. The fraction of sp³-hybridized carbons (Fsp3) is 0.917. The molecule has 0 aromatic heterocycles. The highest BCUT2D eigenvalue weighted by Crippen LogP contribution is 2.38. The summed E-state index contributed by atoms with van der Waals surface area (Å²) in [5.74, 6) is 0.153. The predicted octanol–water partition coefficient (Wildman–Crippen LogP) is 2.39. The van der Waals surface area contributed by atoms with Crippen LogP contribution in [0.4, 0.5) is 0 Å². The molecule has 0 aliphatic heterocycles. The van der Waals surface area contributed by atoms with E-state index < -0.39 is 5.97 Å². The third-order valence-corrected chi connectivity index (χ3v) is 3.18. The maximum absolute atomic E-state index is 10.5. The third kappa shape index (κ3) is 5.78. The number of hydrogen-bond donors (Lipinski definition) is 2. The van der Waals surface area contributed by atoms with E-state index in [1.807, 2.05) is 0 Å². The minimum atomic E-state index is -0.791. The average molecular weight is 213 g/mol. The summed E-state index contributed by atoms with van der Waals surface area (Å²) in [7, 11) is 0. The van der Waals surface area contributed by atoms with E-state index in [-0.39, 0.29) is 17.9 Å². The molecule has 88 valence electrons. The Hall–Kier alpha value is -0.570. The zero-order valence-electron chi connectivity index (χ0n) is 9.83. The standard InChI is InChI=1S/C12H23NO2/c1-12(2,6-5-9-3-4-9)8-10(13)7-11(14)15/h9-10H,3-8,13H2,1-2H3,(H,14,15)/t10-/m1/s1. The topological polar surface area (TPSA) is 63.3 Å². The first kappa shape index (κ1) is 12.5. The van der Waals surface area contributed by atoms with Crippen LogP contribution in [0.5, 0.6) is 0 Å². The van der Waals surface area contributed by atoms with Crippen LogP contribution in [0.1, 0.15) is 52.4 Å². The second-order valence-electron chi connectivity index (χ2n) is 5.71. The molecule has 0 aromatic carbocycles. The molecule has 1 saturated carbocycles. The lowest BCUT2D eigenvalue weighted by Crippen LogP contribution is -2.30. The van der Waals surface area contributed by atoms with Gasteiger partial charge < -0.3 is 10.8 Å². The number of aliphatic carboxylic acids is 1. The molecular formula is C12H23NO2. The SMILES string of the molecule is CC(C)(CCC1CC1)C[C@H](N)CC(=O)O. The lowest BCUT2D eigenvalue weighted by Gasteiger charge is -2.27. The van der Waals surface area contributed by atoms with Crippen LogP contribution >= 0.6 is 0 Å². The minimum absolute atomic E-state index is 0.0901. The van der Waals surface area contributed by atoms with E-state index in [4.69, 9.17) is 10.8 Å². The van der Waals surface area contributed by atoms with Gasteiger partial charge in [-0.2, -0.15) is 0 Å². The third-order valence-electron chi connectivity index (χ3n) is 3.18. The first-order valence-corrected chi connectivity index (χ1v) is 5.86. The molecule has 1 atom stereocenters. The molecule has 3 N–H and O–H groups in total. The number of rotatable bonds is 7. The van der Waals surface area contributed by atoms with Gasteiger partial charge in [0.05, 0.1) is 6.42 Å². The Morgan fingerprint density at radius 2 is 2.13 bits per heavy atom. The second kappa shape index (κ2) is 4.97. The van der Waals surface area contributed by atoms with Gasteiger partial charge in [-0.1, -0.05) is 26.7 Å². The molecule has 3 heteroatoms. The fourth-order valence-electron chi connectivity index (χ4n) is 2.11. The van der Waals surface area contributed by atoms with Crippen molar-refractivity contribution in [3.05, 3.63) is 0 Å². The van der Waals surface area contributed by atoms with Crippen molar-refractivity contribution < 1.29 is 9.90 Å². The summed E-state index contributed by atoms with van der Waals surface area (Å²) in [6.45, 7) is 4.38. The molecule has 1 fully saturated rings. The molecule has 0 heterocycles. The van der Waals surface area contributed by atoms with Crippen molar-refractivity contribution in [2.45, 2.75) is 58.4 Å². The minimum Gasteiger partial charge on any atom is -0.481 e. The second-order valence-corrected chi connectivity index (χ2v) is 5.71. The smallest absolute Gasteiger partial charge is 0.304 e. The molecule has 15 heavy (non-hydrogen) atoms. The molecular weight excluding hydrogens is 190 g/mol. The summed E-state index contributed by atoms with van der Waals surface area (Å²) in [5, 5.41) is 8.63. The van der Waals surface area contributed by atoms with E-state index in [1.165, 1.54) is 25.7 Å². The highest BCUT2D eigenvalue weighted by molar-refractivity contribution is 5.67. The molecule has 0 bridgehead atoms. The van der Waals surface area contributed by atoms with Crippen LogP contribution < -0.4 is 5.73 Å². The number of carboxylic acid groups (broad SMARTS) is 1. The van der Waals surface area contributed by atoms with Crippen molar-refractivity contribution >= 4 is 5.97 Å². The molecule has 0 unspecified atom stereocenters. The van der Waals surface area contributed by atoms with Gasteiger partial charge in [-0.25, -0.2) is 0 Å². The van der Waals surface area contributed by atoms with Crippen molar-refractivity contribution in [2.75, 3.05) is 0 Å². The summed E-state index contributed by atoms with van der Waals surface area (Å²) >= 11 is 0. The van der Waals surface area contributed by atoms with Gasteiger partial charge in [0, 0.05) is 6.04 Å². The summed E-state index contributed by atoms with van der Waals surface area (Å²) < 4.78 is 0. The van der Waals surface area contributed by atoms with Gasteiger partial charge in [-0.05, 0) is 30.6 Å². The van der Waals surface area contributed by atoms with Gasteiger partial charge >= 0.3 is 5.97 Å². The fourth-order valence-corrected chi connectivity index (χ4v) is 2.11. The van der Waals surface area contributed by atoms with Crippen LogP contribution in [0.3, 0.4) is 0 Å². The van der Waals surface area contributed by atoms with Gasteiger partial charge in [0.2, 0.25) is 0 Å². The van der Waals surface area contributed by atoms with E-state index in [1.54, 1.807) is 0 Å². The van der Waals surface area contributed by atoms with Gasteiger partial charge in [0.1, 0.15) is 0 Å². The molecule has 0 spiro atoms. The molecule has 0 aromatic rings. The maximum Gasteiger partial charge on any atom is 0.304 e. The Morgan fingerprint density at radius 1 is 1.53 bits per heavy atom. The zero-order chi connectivity index (χ0) is 11.5. The van der Waals surface area contributed by atoms with E-state index in [2.05, 4.69) is 13.8 Å². The first-order valence-electron chi connectivity index (χ1n) is 5.86. The Labute approximate surface area is 92.0 Å². The van der Waals surface area contributed by atoms with Crippen molar-refractivity contribution in [2.24, 2.45) is 17.1 Å². The molecule has 1 aliphatic carbocycles. The quantitative estimate of drug-likeness (QED) is 0.682. The van der Waals surface area contributed by atoms with E-state index >= 15 is 0 Å². The van der Waals surface area contributed by atoms with Crippen LogP contribution in [0.15, 0.2) is 0 Å². The summed E-state index contributed by atoms with van der Waals surface area (Å²) in [6, 6.07) is -0.197. The van der Waals surface area contributed by atoms with Crippen LogP contribution in [-0.4, -0.2) is 17.1 Å². The van der Waals surface area contributed by atoms with Gasteiger partial charge in [0.25, 0.3) is 0 Å². The first-order chi connectivity index (χ1) is 6.89. The Kier molecular flexibility index (Phi) is 4.14. The zero-order valence-corrected chi connectivity index (χ0v) is 9.83. The normalized spacial score (nSPS) is 18.9. The van der Waals surface area contributed by atoms with Crippen LogP contribution in [0, 0.1) is 11.3 Å². The van der Waals surface area contributed by atoms with Gasteiger partial charge in [0.15, 0.2) is 0 Å². The predicted molar refractivity (Wildman–Crippen MR) is 60.6 cm³/mol. The summed E-state index contributed by atoms with van der Waals surface area (Å²) in [6.07, 6.45) is 6.13. The molecule has 0 amide bonds. The van der Waals surface area contributed by atoms with Crippen LogP contribution in [0.2, 0.25) is 0 Å². The molecule has 0 radical (unpaired) electrons. The monoisotopic (exact) mass is 213 g/mol. The molecule has 0 saturated heterocycles. The number of nitrogens with two attached hydrogens (primary N) is 1.